The van der Waals surface area contributed by atoms with Crippen LogP contribution < -0.4 is 15.6 Å². The normalized spacial score (nSPS) is 21.3. The van der Waals surface area contributed by atoms with Gasteiger partial charge in [-0.2, -0.15) is 5.10 Å². The van der Waals surface area contributed by atoms with E-state index in [9.17, 15) is 4.79 Å². The first kappa shape index (κ1) is 18.3. The number of ether oxygens (including phenoxy) is 2. The van der Waals surface area contributed by atoms with E-state index in [2.05, 4.69) is 20.6 Å². The van der Waals surface area contributed by atoms with Crippen molar-refractivity contribution in [2.24, 2.45) is 0 Å². The minimum atomic E-state index is -0.221. The fourth-order valence-corrected chi connectivity index (χ4v) is 4.44. The Hall–Kier alpha value is -2.78. The number of rotatable bonds is 6. The fourth-order valence-electron chi connectivity index (χ4n) is 3.47. The zero-order valence-electron chi connectivity index (χ0n) is 15.9. The van der Waals surface area contributed by atoms with E-state index in [4.69, 9.17) is 9.47 Å². The molecule has 3 heterocycles. The maximum absolute atomic E-state index is 12.6. The summed E-state index contributed by atoms with van der Waals surface area (Å²) in [6, 6.07) is 10.6. The number of methoxy groups -OCH3 is 1. The van der Waals surface area contributed by atoms with Crippen molar-refractivity contribution in [3.63, 3.8) is 0 Å². The predicted molar refractivity (Wildman–Crippen MR) is 110 cm³/mol. The number of hydrogen-bond donors (Lipinski definition) is 1. The van der Waals surface area contributed by atoms with E-state index in [1.54, 1.807) is 30.6 Å². The number of aromatic nitrogens is 4. The first-order chi connectivity index (χ1) is 14.2. The molecule has 2 unspecified atom stereocenters. The van der Waals surface area contributed by atoms with Gasteiger partial charge in [0.2, 0.25) is 5.13 Å². The van der Waals surface area contributed by atoms with Crippen LogP contribution >= 0.6 is 11.3 Å². The molecule has 0 amide bonds. The molecule has 2 aliphatic rings. The molecule has 1 aromatic carbocycles. The highest BCUT2D eigenvalue weighted by Crippen LogP contribution is 2.42. The standard InChI is InChI=1S/C20H21N5O3S/c1-27-14-4-2-3-13(9-14)15-7-8-18(26)25(24-15)17-11-28-10-16(17)21-20-23-22-19(29-20)12-5-6-12/h2-4,7-9,12,16-17H,5-6,10-11H2,1H3,(H,21,23). The molecule has 0 spiro atoms. The van der Waals surface area contributed by atoms with Gasteiger partial charge in [0.05, 0.1) is 32.1 Å². The molecule has 1 saturated heterocycles. The molecule has 2 aromatic heterocycles. The highest BCUT2D eigenvalue weighted by Gasteiger charge is 2.33. The minimum Gasteiger partial charge on any atom is -0.497 e. The van der Waals surface area contributed by atoms with Gasteiger partial charge in [0.1, 0.15) is 16.8 Å². The lowest BCUT2D eigenvalue weighted by Gasteiger charge is -2.20. The van der Waals surface area contributed by atoms with Gasteiger partial charge in [-0.25, -0.2) is 4.68 Å². The molecule has 2 atom stereocenters. The maximum atomic E-state index is 12.6. The summed E-state index contributed by atoms with van der Waals surface area (Å²) in [7, 11) is 1.63. The molecule has 8 nitrogen and oxygen atoms in total. The van der Waals surface area contributed by atoms with Crippen molar-refractivity contribution in [2.45, 2.75) is 30.8 Å². The number of benzene rings is 1. The highest BCUT2D eigenvalue weighted by atomic mass is 32.1. The van der Waals surface area contributed by atoms with Crippen LogP contribution in [-0.2, 0) is 4.74 Å². The Kier molecular flexibility index (Phi) is 4.76. The molecule has 9 heteroatoms. The highest BCUT2D eigenvalue weighted by molar-refractivity contribution is 7.15. The molecule has 0 bridgehead atoms. The minimum absolute atomic E-state index is 0.0965. The molecular weight excluding hydrogens is 390 g/mol. The van der Waals surface area contributed by atoms with Crippen LogP contribution in [0.3, 0.4) is 0 Å². The summed E-state index contributed by atoms with van der Waals surface area (Å²) >= 11 is 1.59. The summed E-state index contributed by atoms with van der Waals surface area (Å²) in [5.41, 5.74) is 1.44. The topological polar surface area (TPSA) is 91.2 Å². The monoisotopic (exact) mass is 411 g/mol. The molecule has 1 aliphatic heterocycles. The largest absolute Gasteiger partial charge is 0.497 e. The summed E-state index contributed by atoms with van der Waals surface area (Å²) in [6.07, 6.45) is 2.39. The molecule has 3 aromatic rings. The van der Waals surface area contributed by atoms with Crippen molar-refractivity contribution in [3.8, 4) is 17.0 Å². The maximum Gasteiger partial charge on any atom is 0.267 e. The second kappa shape index (κ2) is 7.57. The van der Waals surface area contributed by atoms with E-state index in [0.29, 0.717) is 24.8 Å². The second-order valence-electron chi connectivity index (χ2n) is 7.31. The molecule has 29 heavy (non-hydrogen) atoms. The third-order valence-corrected chi connectivity index (χ3v) is 6.25. The predicted octanol–water partition coefficient (Wildman–Crippen LogP) is 2.70. The summed E-state index contributed by atoms with van der Waals surface area (Å²) in [6.45, 7) is 0.904. The molecule has 1 N–H and O–H groups in total. The van der Waals surface area contributed by atoms with E-state index in [1.165, 1.54) is 17.5 Å². The van der Waals surface area contributed by atoms with Gasteiger partial charge in [-0.15, -0.1) is 10.2 Å². The first-order valence-electron chi connectivity index (χ1n) is 9.63. The number of anilines is 1. The van der Waals surface area contributed by atoms with Crippen LogP contribution in [0.1, 0.15) is 29.8 Å². The Morgan fingerprint density at radius 3 is 2.93 bits per heavy atom. The van der Waals surface area contributed by atoms with Gasteiger partial charge in [0, 0.05) is 17.5 Å². The Bertz CT molecular complexity index is 1080. The van der Waals surface area contributed by atoms with Crippen LogP contribution in [0.5, 0.6) is 5.75 Å². The van der Waals surface area contributed by atoms with Gasteiger partial charge in [-0.05, 0) is 31.0 Å². The molecule has 1 aliphatic carbocycles. The van der Waals surface area contributed by atoms with E-state index < -0.39 is 0 Å². The van der Waals surface area contributed by atoms with Crippen LogP contribution in [0.15, 0.2) is 41.2 Å². The third-order valence-electron chi connectivity index (χ3n) is 5.23. The van der Waals surface area contributed by atoms with Gasteiger partial charge in [-0.1, -0.05) is 23.5 Å². The first-order valence-corrected chi connectivity index (χ1v) is 10.4. The Balaban J connectivity index is 1.41. The van der Waals surface area contributed by atoms with Gasteiger partial charge in [0.25, 0.3) is 5.56 Å². The Morgan fingerprint density at radius 1 is 1.21 bits per heavy atom. The quantitative estimate of drug-likeness (QED) is 0.667. The van der Waals surface area contributed by atoms with Crippen molar-refractivity contribution in [2.75, 3.05) is 25.6 Å². The smallest absolute Gasteiger partial charge is 0.267 e. The molecule has 2 fully saturated rings. The molecule has 1 saturated carbocycles. The SMILES string of the molecule is COc1cccc(-c2ccc(=O)n(C3COCC3Nc3nnc(C4CC4)s3)n2)c1. The lowest BCUT2D eigenvalue weighted by Crippen LogP contribution is -2.37. The second-order valence-corrected chi connectivity index (χ2v) is 8.32. The van der Waals surface area contributed by atoms with Gasteiger partial charge in [0.15, 0.2) is 0 Å². The zero-order chi connectivity index (χ0) is 19.8. The van der Waals surface area contributed by atoms with Crippen LogP contribution in [0.25, 0.3) is 11.3 Å². The lowest BCUT2D eigenvalue weighted by atomic mass is 10.1. The fraction of sp³-hybridized carbons (Fsp3) is 0.400. The lowest BCUT2D eigenvalue weighted by molar-refractivity contribution is 0.183. The van der Waals surface area contributed by atoms with Crippen LogP contribution in [0, 0.1) is 0 Å². The van der Waals surface area contributed by atoms with Crippen molar-refractivity contribution in [1.29, 1.82) is 0 Å². The number of hydrogen-bond acceptors (Lipinski definition) is 8. The Labute approximate surface area is 171 Å². The van der Waals surface area contributed by atoms with E-state index in [-0.39, 0.29) is 17.6 Å². The molecule has 150 valence electrons. The van der Waals surface area contributed by atoms with Gasteiger partial charge < -0.3 is 14.8 Å². The van der Waals surface area contributed by atoms with Crippen molar-refractivity contribution in [3.05, 3.63) is 51.8 Å². The van der Waals surface area contributed by atoms with E-state index in [1.807, 2.05) is 24.3 Å². The number of nitrogens with one attached hydrogen (secondary N) is 1. The van der Waals surface area contributed by atoms with Crippen LogP contribution in [-0.4, -0.2) is 46.3 Å². The van der Waals surface area contributed by atoms with E-state index >= 15 is 0 Å². The summed E-state index contributed by atoms with van der Waals surface area (Å²) in [4.78, 5) is 12.6. The summed E-state index contributed by atoms with van der Waals surface area (Å²) in [5, 5.41) is 18.4. The van der Waals surface area contributed by atoms with Gasteiger partial charge >= 0.3 is 0 Å². The van der Waals surface area contributed by atoms with E-state index in [0.717, 1.165) is 21.5 Å². The zero-order valence-corrected chi connectivity index (χ0v) is 16.8. The molecule has 0 radical (unpaired) electrons. The average Bonchev–Trinajstić information content (AvgIpc) is 3.33. The third kappa shape index (κ3) is 3.75. The van der Waals surface area contributed by atoms with Crippen LogP contribution in [0.4, 0.5) is 5.13 Å². The van der Waals surface area contributed by atoms with Crippen molar-refractivity contribution < 1.29 is 9.47 Å². The average molecular weight is 411 g/mol. The van der Waals surface area contributed by atoms with Crippen molar-refractivity contribution in [1.82, 2.24) is 20.0 Å². The Morgan fingerprint density at radius 2 is 2.10 bits per heavy atom. The summed E-state index contributed by atoms with van der Waals surface area (Å²) in [5.74, 6) is 1.32. The van der Waals surface area contributed by atoms with Crippen LogP contribution in [0.2, 0.25) is 0 Å². The molecule has 5 rings (SSSR count). The molecular formula is C20H21N5O3S. The van der Waals surface area contributed by atoms with Gasteiger partial charge in [-0.3, -0.25) is 4.79 Å². The number of nitrogens with zero attached hydrogens (tertiary/aromatic N) is 4. The summed E-state index contributed by atoms with van der Waals surface area (Å²) < 4.78 is 12.5. The van der Waals surface area contributed by atoms with Crippen molar-refractivity contribution >= 4 is 16.5 Å².